The lowest BCUT2D eigenvalue weighted by molar-refractivity contribution is -0.133. The molecule has 2 N–H and O–H groups in total. The molecule has 0 spiro atoms. The normalized spacial score (nSPS) is 12.3. The molecule has 7 nitrogen and oxygen atoms in total. The van der Waals surface area contributed by atoms with Gasteiger partial charge in [-0.1, -0.05) is 38.3 Å². The van der Waals surface area contributed by atoms with Gasteiger partial charge >= 0.3 is 0 Å². The quantitative estimate of drug-likeness (QED) is 0.462. The molecule has 1 amide bonds. The van der Waals surface area contributed by atoms with Crippen molar-refractivity contribution >= 4 is 16.8 Å². The molecule has 2 rings (SSSR count). The Labute approximate surface area is 185 Å². The summed E-state index contributed by atoms with van der Waals surface area (Å²) < 4.78 is 6.90. The van der Waals surface area contributed by atoms with Gasteiger partial charge in [-0.3, -0.25) is 14.2 Å². The van der Waals surface area contributed by atoms with Crippen LogP contribution in [-0.4, -0.2) is 47.2 Å². The van der Waals surface area contributed by atoms with Crippen molar-refractivity contribution in [2.24, 2.45) is 5.73 Å². The number of amides is 1. The Morgan fingerprint density at radius 3 is 2.65 bits per heavy atom. The summed E-state index contributed by atoms with van der Waals surface area (Å²) in [6, 6.07) is 7.07. The van der Waals surface area contributed by atoms with E-state index in [-0.39, 0.29) is 17.5 Å². The number of methoxy groups -OCH3 is 1. The van der Waals surface area contributed by atoms with Crippen molar-refractivity contribution in [3.63, 3.8) is 0 Å². The summed E-state index contributed by atoms with van der Waals surface area (Å²) in [5.41, 5.74) is 6.17. The lowest BCUT2D eigenvalue weighted by Gasteiger charge is -2.31. The first-order valence-corrected chi connectivity index (χ1v) is 11.5. The number of carbonyl (C=O) groups excluding carboxylic acids is 1. The van der Waals surface area contributed by atoms with Crippen LogP contribution < -0.4 is 11.3 Å². The standard InChI is InChI=1S/C24H38N4O3/c1-4-5-14-22(29)27(16-11-7-6-10-15-25)19(2)23-26-21-13-9-8-12-20(21)24(30)28(23)17-18-31-3/h8-9,12-13,19H,4-7,10-11,14-18,25H2,1-3H3/t19-/m1/s1. The first-order chi connectivity index (χ1) is 15.0. The fraction of sp³-hybridized carbons (Fsp3) is 0.625. The summed E-state index contributed by atoms with van der Waals surface area (Å²) in [6.45, 7) is 6.22. The lowest BCUT2D eigenvalue weighted by atomic mass is 10.1. The van der Waals surface area contributed by atoms with E-state index in [2.05, 4.69) is 6.92 Å². The first kappa shape index (κ1) is 25.0. The zero-order valence-corrected chi connectivity index (χ0v) is 19.3. The number of unbranched alkanes of at least 4 members (excludes halogenated alkanes) is 4. The van der Waals surface area contributed by atoms with E-state index in [9.17, 15) is 9.59 Å². The van der Waals surface area contributed by atoms with Crippen LogP contribution in [0.15, 0.2) is 29.1 Å². The second-order valence-electron chi connectivity index (χ2n) is 8.01. The van der Waals surface area contributed by atoms with E-state index in [0.29, 0.717) is 49.4 Å². The summed E-state index contributed by atoms with van der Waals surface area (Å²) in [7, 11) is 1.62. The van der Waals surface area contributed by atoms with Crippen LogP contribution in [0.1, 0.15) is 70.7 Å². The minimum atomic E-state index is -0.298. The van der Waals surface area contributed by atoms with Crippen LogP contribution in [0.5, 0.6) is 0 Å². The maximum absolute atomic E-state index is 13.2. The SMILES string of the molecule is CCCCC(=O)N(CCCCCCN)[C@H](C)c1nc2ccccc2c(=O)n1CCOC. The molecule has 0 fully saturated rings. The van der Waals surface area contributed by atoms with Crippen LogP contribution in [0.25, 0.3) is 10.9 Å². The van der Waals surface area contributed by atoms with Gasteiger partial charge in [-0.25, -0.2) is 4.98 Å². The van der Waals surface area contributed by atoms with Crippen molar-refractivity contribution in [1.82, 2.24) is 14.5 Å². The highest BCUT2D eigenvalue weighted by Gasteiger charge is 2.25. The van der Waals surface area contributed by atoms with Crippen LogP contribution in [0.2, 0.25) is 0 Å². The number of carbonyl (C=O) groups is 1. The molecule has 1 aromatic heterocycles. The van der Waals surface area contributed by atoms with E-state index in [1.54, 1.807) is 17.7 Å². The third-order valence-electron chi connectivity index (χ3n) is 5.67. The molecular formula is C24H38N4O3. The molecule has 0 bridgehead atoms. The minimum Gasteiger partial charge on any atom is -0.383 e. The molecule has 0 saturated carbocycles. The molecule has 0 aliphatic heterocycles. The van der Waals surface area contributed by atoms with Crippen molar-refractivity contribution in [3.05, 3.63) is 40.4 Å². The Kier molecular flexibility index (Phi) is 10.7. The monoisotopic (exact) mass is 430 g/mol. The number of nitrogens with two attached hydrogens (primary N) is 1. The largest absolute Gasteiger partial charge is 0.383 e. The Bertz CT molecular complexity index is 881. The number of fused-ring (bicyclic) bond motifs is 1. The maximum atomic E-state index is 13.2. The van der Waals surface area contributed by atoms with Crippen molar-refractivity contribution in [1.29, 1.82) is 0 Å². The highest BCUT2D eigenvalue weighted by atomic mass is 16.5. The van der Waals surface area contributed by atoms with Gasteiger partial charge in [-0.2, -0.15) is 0 Å². The van der Waals surface area contributed by atoms with Gasteiger partial charge in [0.1, 0.15) is 5.82 Å². The van der Waals surface area contributed by atoms with Crippen LogP contribution in [0.4, 0.5) is 0 Å². The van der Waals surface area contributed by atoms with E-state index >= 15 is 0 Å². The van der Waals surface area contributed by atoms with Gasteiger partial charge in [0.15, 0.2) is 0 Å². The summed E-state index contributed by atoms with van der Waals surface area (Å²) in [6.07, 6.45) is 6.35. The van der Waals surface area contributed by atoms with Crippen LogP contribution in [-0.2, 0) is 16.1 Å². The molecule has 0 saturated heterocycles. The van der Waals surface area contributed by atoms with Gasteiger partial charge in [0.05, 0.1) is 30.1 Å². The topological polar surface area (TPSA) is 90.5 Å². The Morgan fingerprint density at radius 2 is 1.94 bits per heavy atom. The average Bonchev–Trinajstić information content (AvgIpc) is 2.78. The second kappa shape index (κ2) is 13.2. The molecule has 1 atom stereocenters. The van der Waals surface area contributed by atoms with Crippen LogP contribution in [0, 0.1) is 0 Å². The fourth-order valence-electron chi connectivity index (χ4n) is 3.83. The molecule has 1 heterocycles. The van der Waals surface area contributed by atoms with Crippen LogP contribution >= 0.6 is 0 Å². The third kappa shape index (κ3) is 6.87. The minimum absolute atomic E-state index is 0.0894. The average molecular weight is 431 g/mol. The zero-order chi connectivity index (χ0) is 22.6. The molecule has 0 unspecified atom stereocenters. The molecule has 0 aliphatic rings. The maximum Gasteiger partial charge on any atom is 0.261 e. The second-order valence-corrected chi connectivity index (χ2v) is 8.01. The van der Waals surface area contributed by atoms with Crippen molar-refractivity contribution < 1.29 is 9.53 Å². The smallest absolute Gasteiger partial charge is 0.261 e. The predicted octanol–water partition coefficient (Wildman–Crippen LogP) is 3.64. The number of hydrogen-bond acceptors (Lipinski definition) is 5. The molecule has 7 heteroatoms. The summed E-state index contributed by atoms with van der Waals surface area (Å²) in [5, 5.41) is 0.584. The number of rotatable bonds is 14. The van der Waals surface area contributed by atoms with E-state index in [1.807, 2.05) is 30.0 Å². The van der Waals surface area contributed by atoms with E-state index in [0.717, 1.165) is 38.5 Å². The number of para-hydroxylation sites is 1. The molecule has 0 radical (unpaired) electrons. The van der Waals surface area contributed by atoms with E-state index in [1.165, 1.54) is 0 Å². The molecule has 2 aromatic rings. The van der Waals surface area contributed by atoms with E-state index < -0.39 is 0 Å². The Balaban J connectivity index is 2.39. The van der Waals surface area contributed by atoms with Gasteiger partial charge < -0.3 is 15.4 Å². The summed E-state index contributed by atoms with van der Waals surface area (Å²) in [5.74, 6) is 0.737. The predicted molar refractivity (Wildman–Crippen MR) is 125 cm³/mol. The number of ether oxygens (including phenoxy) is 1. The van der Waals surface area contributed by atoms with Crippen molar-refractivity contribution in [2.75, 3.05) is 26.8 Å². The first-order valence-electron chi connectivity index (χ1n) is 11.5. The Hall–Kier alpha value is -2.25. The fourth-order valence-corrected chi connectivity index (χ4v) is 3.83. The van der Waals surface area contributed by atoms with Gasteiger partial charge in [-0.05, 0) is 44.9 Å². The molecule has 0 aliphatic carbocycles. The summed E-state index contributed by atoms with van der Waals surface area (Å²) in [4.78, 5) is 33.0. The zero-order valence-electron chi connectivity index (χ0n) is 19.3. The highest BCUT2D eigenvalue weighted by Crippen LogP contribution is 2.22. The molecular weight excluding hydrogens is 392 g/mol. The molecule has 31 heavy (non-hydrogen) atoms. The highest BCUT2D eigenvalue weighted by molar-refractivity contribution is 5.78. The van der Waals surface area contributed by atoms with E-state index in [4.69, 9.17) is 15.5 Å². The Morgan fingerprint density at radius 1 is 1.19 bits per heavy atom. The number of benzene rings is 1. The lowest BCUT2D eigenvalue weighted by Crippen LogP contribution is -2.38. The molecule has 1 aromatic carbocycles. The van der Waals surface area contributed by atoms with Gasteiger partial charge in [0.25, 0.3) is 5.56 Å². The van der Waals surface area contributed by atoms with Crippen molar-refractivity contribution in [3.8, 4) is 0 Å². The molecule has 172 valence electrons. The van der Waals surface area contributed by atoms with Gasteiger partial charge in [0, 0.05) is 20.1 Å². The van der Waals surface area contributed by atoms with Gasteiger partial charge in [0.2, 0.25) is 5.91 Å². The number of aromatic nitrogens is 2. The number of hydrogen-bond donors (Lipinski definition) is 1. The van der Waals surface area contributed by atoms with Crippen molar-refractivity contribution in [2.45, 2.75) is 71.4 Å². The van der Waals surface area contributed by atoms with Gasteiger partial charge in [-0.15, -0.1) is 0 Å². The van der Waals surface area contributed by atoms with Crippen LogP contribution in [0.3, 0.4) is 0 Å². The summed E-state index contributed by atoms with van der Waals surface area (Å²) >= 11 is 0. The third-order valence-corrected chi connectivity index (χ3v) is 5.67. The number of nitrogens with zero attached hydrogens (tertiary/aromatic N) is 3.